The molecule has 0 amide bonds. The second kappa shape index (κ2) is 36.2. The van der Waals surface area contributed by atoms with Crippen LogP contribution < -0.4 is 0 Å². The van der Waals surface area contributed by atoms with Gasteiger partial charge in [-0.3, -0.25) is 14.4 Å². The Balaban J connectivity index is 4.44. The van der Waals surface area contributed by atoms with E-state index in [0.29, 0.717) is 19.3 Å². The maximum absolute atomic E-state index is 12.6. The molecule has 1 atom stereocenters. The molecule has 0 aliphatic carbocycles. The smallest absolute Gasteiger partial charge is 0.306 e. The van der Waals surface area contributed by atoms with Gasteiger partial charge in [0.15, 0.2) is 6.10 Å². The average Bonchev–Trinajstić information content (AvgIpc) is 3.06. The average molecular weight is 659 g/mol. The van der Waals surface area contributed by atoms with E-state index < -0.39 is 6.10 Å². The first-order chi connectivity index (χ1) is 23.0. The molecule has 0 aromatic carbocycles. The number of allylic oxidation sites excluding steroid dienone is 8. The highest BCUT2D eigenvalue weighted by molar-refractivity contribution is 5.71. The first kappa shape index (κ1) is 44.4. The molecule has 0 heterocycles. The Morgan fingerprint density at radius 3 is 1.30 bits per heavy atom. The lowest BCUT2D eigenvalue weighted by atomic mass is 10.1. The van der Waals surface area contributed by atoms with Gasteiger partial charge in [0.2, 0.25) is 0 Å². The summed E-state index contributed by atoms with van der Waals surface area (Å²) in [6.07, 6.45) is 39.8. The number of ether oxygens (including phenoxy) is 3. The molecule has 0 aliphatic rings. The van der Waals surface area contributed by atoms with Gasteiger partial charge in [-0.15, -0.1) is 0 Å². The molecule has 0 N–H and O–H groups in total. The van der Waals surface area contributed by atoms with Crippen LogP contribution in [-0.4, -0.2) is 37.2 Å². The van der Waals surface area contributed by atoms with E-state index >= 15 is 0 Å². The van der Waals surface area contributed by atoms with Crippen molar-refractivity contribution in [2.45, 2.75) is 181 Å². The predicted octanol–water partition coefficient (Wildman–Crippen LogP) is 11.6. The second-order valence-corrected chi connectivity index (χ2v) is 12.5. The van der Waals surface area contributed by atoms with Gasteiger partial charge in [-0.05, 0) is 44.9 Å². The van der Waals surface area contributed by atoms with Crippen molar-refractivity contribution in [2.75, 3.05) is 13.2 Å². The summed E-state index contributed by atoms with van der Waals surface area (Å²) in [6, 6.07) is 0. The molecule has 0 spiro atoms. The molecule has 0 bridgehead atoms. The zero-order valence-electron chi connectivity index (χ0n) is 30.5. The fourth-order valence-electron chi connectivity index (χ4n) is 4.98. The maximum atomic E-state index is 12.6. The third-order valence-electron chi connectivity index (χ3n) is 7.86. The van der Waals surface area contributed by atoms with Crippen molar-refractivity contribution in [2.24, 2.45) is 0 Å². The zero-order chi connectivity index (χ0) is 34.5. The van der Waals surface area contributed by atoms with Crippen LogP contribution in [0, 0.1) is 0 Å². The number of unbranched alkanes of at least 4 members (excludes halogenated alkanes) is 14. The lowest BCUT2D eigenvalue weighted by Gasteiger charge is -2.18. The molecular weight excluding hydrogens is 588 g/mol. The van der Waals surface area contributed by atoms with Crippen molar-refractivity contribution in [1.82, 2.24) is 0 Å². The van der Waals surface area contributed by atoms with E-state index in [2.05, 4.69) is 57.2 Å². The summed E-state index contributed by atoms with van der Waals surface area (Å²) in [5.41, 5.74) is 0. The van der Waals surface area contributed by atoms with Gasteiger partial charge in [0, 0.05) is 19.3 Å². The summed E-state index contributed by atoms with van der Waals surface area (Å²) < 4.78 is 16.4. The number of hydrogen-bond acceptors (Lipinski definition) is 6. The first-order valence-corrected chi connectivity index (χ1v) is 19.1. The lowest BCUT2D eigenvalue weighted by Crippen LogP contribution is -2.30. The molecule has 0 saturated heterocycles. The highest BCUT2D eigenvalue weighted by Gasteiger charge is 2.19. The zero-order valence-corrected chi connectivity index (χ0v) is 30.5. The molecule has 0 rings (SSSR count). The third kappa shape index (κ3) is 34.5. The van der Waals surface area contributed by atoms with E-state index in [1.165, 1.54) is 64.2 Å². The van der Waals surface area contributed by atoms with Crippen molar-refractivity contribution in [3.8, 4) is 0 Å². The van der Waals surface area contributed by atoms with E-state index in [1.807, 2.05) is 12.2 Å². The molecule has 270 valence electrons. The molecule has 6 heteroatoms. The summed E-state index contributed by atoms with van der Waals surface area (Å²) in [6.45, 7) is 6.34. The van der Waals surface area contributed by atoms with Gasteiger partial charge in [0.25, 0.3) is 0 Å². The summed E-state index contributed by atoms with van der Waals surface area (Å²) in [4.78, 5) is 37.2. The van der Waals surface area contributed by atoms with Crippen LogP contribution in [0.2, 0.25) is 0 Å². The number of hydrogen-bond donors (Lipinski definition) is 0. The number of carbonyl (C=O) groups excluding carboxylic acids is 3. The molecule has 0 fully saturated rings. The molecule has 0 aliphatic heterocycles. The Bertz CT molecular complexity index is 856. The van der Waals surface area contributed by atoms with E-state index in [0.717, 1.165) is 64.2 Å². The van der Waals surface area contributed by atoms with Crippen LogP contribution >= 0.6 is 0 Å². The summed E-state index contributed by atoms with van der Waals surface area (Å²) in [5.74, 6) is -0.999. The summed E-state index contributed by atoms with van der Waals surface area (Å²) >= 11 is 0. The summed E-state index contributed by atoms with van der Waals surface area (Å²) in [7, 11) is 0. The van der Waals surface area contributed by atoms with E-state index in [1.54, 1.807) is 0 Å². The first-order valence-electron chi connectivity index (χ1n) is 19.1. The van der Waals surface area contributed by atoms with Crippen LogP contribution in [0.3, 0.4) is 0 Å². The van der Waals surface area contributed by atoms with Crippen LogP contribution in [0.25, 0.3) is 0 Å². The minimum Gasteiger partial charge on any atom is -0.462 e. The number of rotatable bonds is 33. The molecule has 1 unspecified atom stereocenters. The van der Waals surface area contributed by atoms with Crippen LogP contribution in [0.4, 0.5) is 0 Å². The van der Waals surface area contributed by atoms with E-state index in [-0.39, 0.29) is 37.5 Å². The molecule has 0 aromatic rings. The van der Waals surface area contributed by atoms with Gasteiger partial charge in [0.1, 0.15) is 13.2 Å². The largest absolute Gasteiger partial charge is 0.462 e. The van der Waals surface area contributed by atoms with Crippen molar-refractivity contribution < 1.29 is 28.6 Å². The van der Waals surface area contributed by atoms with Gasteiger partial charge in [-0.1, -0.05) is 159 Å². The van der Waals surface area contributed by atoms with Gasteiger partial charge in [-0.2, -0.15) is 0 Å². The van der Waals surface area contributed by atoms with Crippen molar-refractivity contribution >= 4 is 17.9 Å². The van der Waals surface area contributed by atoms with Gasteiger partial charge < -0.3 is 14.2 Å². The van der Waals surface area contributed by atoms with Gasteiger partial charge in [-0.25, -0.2) is 0 Å². The highest BCUT2D eigenvalue weighted by atomic mass is 16.6. The predicted molar refractivity (Wildman–Crippen MR) is 196 cm³/mol. The topological polar surface area (TPSA) is 78.9 Å². The Morgan fingerprint density at radius 2 is 0.830 bits per heavy atom. The Morgan fingerprint density at radius 1 is 0.447 bits per heavy atom. The Labute approximate surface area is 288 Å². The van der Waals surface area contributed by atoms with E-state index in [4.69, 9.17) is 14.2 Å². The molecule has 0 aromatic heterocycles. The van der Waals surface area contributed by atoms with Crippen LogP contribution in [0.5, 0.6) is 0 Å². The molecule has 6 nitrogen and oxygen atoms in total. The third-order valence-corrected chi connectivity index (χ3v) is 7.86. The fourth-order valence-corrected chi connectivity index (χ4v) is 4.98. The minimum absolute atomic E-state index is 0.0947. The minimum atomic E-state index is -0.791. The van der Waals surface area contributed by atoms with Crippen molar-refractivity contribution in [1.29, 1.82) is 0 Å². The van der Waals surface area contributed by atoms with Crippen LogP contribution in [0.15, 0.2) is 48.6 Å². The lowest BCUT2D eigenvalue weighted by molar-refractivity contribution is -0.166. The molecule has 0 radical (unpaired) electrons. The van der Waals surface area contributed by atoms with Crippen molar-refractivity contribution in [3.63, 3.8) is 0 Å². The Kier molecular flexibility index (Phi) is 34.2. The van der Waals surface area contributed by atoms with Gasteiger partial charge in [0.05, 0.1) is 0 Å². The second-order valence-electron chi connectivity index (χ2n) is 12.5. The molecular formula is C41H70O6. The van der Waals surface area contributed by atoms with Crippen LogP contribution in [-0.2, 0) is 28.6 Å². The standard InChI is InChI=1S/C41H70O6/c1-4-7-10-13-16-18-20-21-22-24-25-28-31-34-40(43)46-37-38(36-45-39(42)33-30-27-15-12-9-6-3)47-41(44)35-32-29-26-23-19-17-14-11-8-5-2/h7,10,16,18,21-22,25,28,38H,4-6,8-9,11-15,17,19-20,23-24,26-27,29-37H2,1-3H3/b10-7-,18-16-,22-21-,28-25-. The molecule has 0 saturated carbocycles. The highest BCUT2D eigenvalue weighted by Crippen LogP contribution is 2.13. The summed E-state index contributed by atoms with van der Waals surface area (Å²) in [5, 5.41) is 0. The van der Waals surface area contributed by atoms with E-state index in [9.17, 15) is 14.4 Å². The Hall–Kier alpha value is -2.63. The maximum Gasteiger partial charge on any atom is 0.306 e. The monoisotopic (exact) mass is 659 g/mol. The normalized spacial score (nSPS) is 12.5. The number of esters is 3. The SMILES string of the molecule is CC/C=C\C/C=C\C/C=C\C/C=C\CCC(=O)OCC(COC(=O)CCCCCCCC)OC(=O)CCCCCCCCCCCC. The number of carbonyl (C=O) groups is 3. The van der Waals surface area contributed by atoms with Crippen molar-refractivity contribution in [3.05, 3.63) is 48.6 Å². The van der Waals surface area contributed by atoms with Gasteiger partial charge >= 0.3 is 17.9 Å². The quantitative estimate of drug-likeness (QED) is 0.0302. The fraction of sp³-hybridized carbons (Fsp3) is 0.732. The molecule has 47 heavy (non-hydrogen) atoms. The van der Waals surface area contributed by atoms with Crippen LogP contribution in [0.1, 0.15) is 175 Å².